The Kier molecular flexibility index (Phi) is 3.28. The number of nitrogens with two attached hydrogens (primary N) is 1. The molecule has 0 amide bonds. The van der Waals surface area contributed by atoms with E-state index in [1.54, 1.807) is 0 Å². The Balaban J connectivity index is 2.31. The average molecular weight is 279 g/mol. The molecular weight excluding hydrogens is 267 g/mol. The summed E-state index contributed by atoms with van der Waals surface area (Å²) in [6.45, 7) is 3.90. The fourth-order valence-electron chi connectivity index (χ4n) is 1.35. The average Bonchev–Trinajstić information content (AvgIpc) is 2.73. The minimum Gasteiger partial charge on any atom is -0.327 e. The third-order valence-corrected chi connectivity index (χ3v) is 3.47. The molecule has 0 radical (unpaired) electrons. The van der Waals surface area contributed by atoms with Crippen molar-refractivity contribution in [3.63, 3.8) is 0 Å². The quantitative estimate of drug-likeness (QED) is 0.929. The maximum absolute atomic E-state index is 12.6. The zero-order valence-electron chi connectivity index (χ0n) is 9.77. The number of nitrogens with zero attached hydrogens (tertiary/aromatic N) is 4. The summed E-state index contributed by atoms with van der Waals surface area (Å²) in [4.78, 5) is 0.133. The van der Waals surface area contributed by atoms with Crippen LogP contribution in [0, 0.1) is 5.92 Å². The van der Waals surface area contributed by atoms with Crippen molar-refractivity contribution in [2.45, 2.75) is 32.5 Å². The highest BCUT2D eigenvalue weighted by Gasteiger charge is 2.38. The van der Waals surface area contributed by atoms with Crippen LogP contribution in [0.1, 0.15) is 24.7 Å². The van der Waals surface area contributed by atoms with Gasteiger partial charge in [-0.25, -0.2) is 0 Å². The number of aromatic nitrogens is 4. The number of hydrogen-bond acceptors (Lipinski definition) is 5. The van der Waals surface area contributed by atoms with Crippen molar-refractivity contribution in [2.24, 2.45) is 11.7 Å². The van der Waals surface area contributed by atoms with Crippen molar-refractivity contribution >= 4 is 16.3 Å². The molecule has 1 unspecified atom stereocenters. The third kappa shape index (κ3) is 2.46. The molecule has 2 N–H and O–H groups in total. The predicted molar refractivity (Wildman–Crippen MR) is 60.2 cm³/mol. The van der Waals surface area contributed by atoms with Gasteiger partial charge < -0.3 is 5.73 Å². The van der Waals surface area contributed by atoms with Gasteiger partial charge in [-0.3, -0.25) is 0 Å². The highest BCUT2D eigenvalue weighted by molar-refractivity contribution is 7.16. The van der Waals surface area contributed by atoms with Gasteiger partial charge in [0.1, 0.15) is 5.01 Å². The first-order valence-electron chi connectivity index (χ1n) is 5.33. The monoisotopic (exact) mass is 279 g/mol. The molecule has 2 heterocycles. The summed E-state index contributed by atoms with van der Waals surface area (Å²) in [5.41, 5.74) is 5.86. The molecule has 0 spiro atoms. The van der Waals surface area contributed by atoms with Gasteiger partial charge >= 0.3 is 6.18 Å². The molecule has 0 aliphatic heterocycles. The second-order valence-electron chi connectivity index (χ2n) is 4.32. The van der Waals surface area contributed by atoms with Crippen molar-refractivity contribution < 1.29 is 13.2 Å². The minimum atomic E-state index is -4.55. The summed E-state index contributed by atoms with van der Waals surface area (Å²) in [6, 6.07) is -0.136. The van der Waals surface area contributed by atoms with Crippen LogP contribution in [-0.2, 0) is 12.6 Å². The van der Waals surface area contributed by atoms with Crippen molar-refractivity contribution in [3.05, 3.63) is 10.8 Å². The molecular formula is C9H12F3N5S. The lowest BCUT2D eigenvalue weighted by Gasteiger charge is -2.12. The van der Waals surface area contributed by atoms with E-state index in [4.69, 9.17) is 5.73 Å². The first-order chi connectivity index (χ1) is 8.29. The molecule has 1 atom stereocenters. The van der Waals surface area contributed by atoms with E-state index in [1.165, 1.54) is 0 Å². The fourth-order valence-corrected chi connectivity index (χ4v) is 2.26. The summed E-state index contributed by atoms with van der Waals surface area (Å²) in [6.07, 6.45) is -4.12. The molecule has 100 valence electrons. The first-order valence-corrected chi connectivity index (χ1v) is 6.14. The van der Waals surface area contributed by atoms with Gasteiger partial charge in [0.25, 0.3) is 5.82 Å². The molecule has 0 aromatic carbocycles. The molecule has 0 bridgehead atoms. The van der Waals surface area contributed by atoms with Crippen molar-refractivity contribution in [2.75, 3.05) is 0 Å². The van der Waals surface area contributed by atoms with E-state index >= 15 is 0 Å². The van der Waals surface area contributed by atoms with Gasteiger partial charge in [0.05, 0.1) is 0 Å². The van der Waals surface area contributed by atoms with E-state index in [2.05, 4.69) is 15.3 Å². The zero-order valence-corrected chi connectivity index (χ0v) is 10.6. The second kappa shape index (κ2) is 4.47. The minimum absolute atomic E-state index is 0.133. The van der Waals surface area contributed by atoms with Crippen molar-refractivity contribution in [1.29, 1.82) is 0 Å². The molecule has 2 aromatic rings. The molecule has 9 heteroatoms. The SMILES string of the molecule is CC(C)C(N)Cc1nn2c(C(F)(F)F)nnc2s1. The number of rotatable bonds is 3. The molecule has 2 rings (SSSR count). The summed E-state index contributed by atoms with van der Waals surface area (Å²) >= 11 is 1.08. The normalized spacial score (nSPS) is 14.6. The number of fused-ring (bicyclic) bond motifs is 1. The van der Waals surface area contributed by atoms with Gasteiger partial charge in [-0.15, -0.1) is 10.2 Å². The van der Waals surface area contributed by atoms with Crippen LogP contribution >= 0.6 is 11.3 Å². The largest absolute Gasteiger partial charge is 0.453 e. The Labute approximate surface area is 105 Å². The highest BCUT2D eigenvalue weighted by Crippen LogP contribution is 2.29. The van der Waals surface area contributed by atoms with Crippen LogP contribution in [-0.4, -0.2) is 25.9 Å². The first kappa shape index (κ1) is 13.2. The van der Waals surface area contributed by atoms with Crippen LogP contribution in [0.3, 0.4) is 0 Å². The molecule has 0 aliphatic rings. The van der Waals surface area contributed by atoms with Crippen LogP contribution in [0.4, 0.5) is 13.2 Å². The van der Waals surface area contributed by atoms with Crippen LogP contribution in [0.15, 0.2) is 0 Å². The number of hydrogen-bond donors (Lipinski definition) is 1. The van der Waals surface area contributed by atoms with Crippen LogP contribution < -0.4 is 5.73 Å². The smallest absolute Gasteiger partial charge is 0.327 e. The molecule has 0 saturated heterocycles. The molecule has 2 aromatic heterocycles. The van der Waals surface area contributed by atoms with Crippen molar-refractivity contribution in [1.82, 2.24) is 19.8 Å². The molecule has 0 saturated carbocycles. The van der Waals surface area contributed by atoms with Crippen LogP contribution in [0.25, 0.3) is 4.96 Å². The maximum atomic E-state index is 12.6. The molecule has 0 aliphatic carbocycles. The van der Waals surface area contributed by atoms with E-state index < -0.39 is 12.0 Å². The third-order valence-electron chi connectivity index (χ3n) is 2.55. The summed E-state index contributed by atoms with van der Waals surface area (Å²) in [5.74, 6) is -0.862. The maximum Gasteiger partial charge on any atom is 0.453 e. The van der Waals surface area contributed by atoms with Gasteiger partial charge in [0, 0.05) is 12.5 Å². The van der Waals surface area contributed by atoms with E-state index in [0.717, 1.165) is 15.9 Å². The number of halogens is 3. The topological polar surface area (TPSA) is 69.1 Å². The second-order valence-corrected chi connectivity index (χ2v) is 5.36. The standard InChI is InChI=1S/C9H12F3N5S/c1-4(2)5(13)3-6-16-17-7(9(10,11)12)14-15-8(17)18-6/h4-5H,3,13H2,1-2H3. The highest BCUT2D eigenvalue weighted by atomic mass is 32.1. The Morgan fingerprint density at radius 1 is 1.33 bits per heavy atom. The number of alkyl halides is 3. The van der Waals surface area contributed by atoms with E-state index in [9.17, 15) is 13.2 Å². The lowest BCUT2D eigenvalue weighted by molar-refractivity contribution is -0.146. The lowest BCUT2D eigenvalue weighted by atomic mass is 10.0. The van der Waals surface area contributed by atoms with Crippen molar-refractivity contribution in [3.8, 4) is 0 Å². The van der Waals surface area contributed by atoms with E-state index in [1.807, 2.05) is 13.8 Å². The summed E-state index contributed by atoms with van der Waals surface area (Å²) in [7, 11) is 0. The Morgan fingerprint density at radius 3 is 2.56 bits per heavy atom. The Morgan fingerprint density at radius 2 is 2.00 bits per heavy atom. The lowest BCUT2D eigenvalue weighted by Crippen LogP contribution is -2.28. The molecule has 0 fully saturated rings. The summed E-state index contributed by atoms with van der Waals surface area (Å²) in [5, 5.41) is 11.0. The van der Waals surface area contributed by atoms with E-state index in [0.29, 0.717) is 11.4 Å². The van der Waals surface area contributed by atoms with E-state index in [-0.39, 0.29) is 16.9 Å². The van der Waals surface area contributed by atoms with Gasteiger partial charge in [0.15, 0.2) is 0 Å². The van der Waals surface area contributed by atoms with Crippen LogP contribution in [0.2, 0.25) is 0 Å². The zero-order chi connectivity index (χ0) is 13.5. The summed E-state index contributed by atoms with van der Waals surface area (Å²) < 4.78 is 38.4. The Hall–Kier alpha value is -1.22. The fraction of sp³-hybridized carbons (Fsp3) is 0.667. The van der Waals surface area contributed by atoms with Gasteiger partial charge in [-0.2, -0.15) is 22.8 Å². The Bertz CT molecular complexity index is 544. The molecule has 18 heavy (non-hydrogen) atoms. The van der Waals surface area contributed by atoms with Gasteiger partial charge in [-0.1, -0.05) is 25.2 Å². The van der Waals surface area contributed by atoms with Gasteiger partial charge in [0.2, 0.25) is 4.96 Å². The van der Waals surface area contributed by atoms with Gasteiger partial charge in [-0.05, 0) is 5.92 Å². The molecule has 5 nitrogen and oxygen atoms in total. The van der Waals surface area contributed by atoms with Crippen LogP contribution in [0.5, 0.6) is 0 Å². The predicted octanol–water partition coefficient (Wildman–Crippen LogP) is 1.73.